The molecule has 26 heavy (non-hydrogen) atoms. The lowest BCUT2D eigenvalue weighted by molar-refractivity contribution is -0.116. The summed E-state index contributed by atoms with van der Waals surface area (Å²) in [5.41, 5.74) is 2.82. The smallest absolute Gasteiger partial charge is 0.258 e. The second kappa shape index (κ2) is 7.72. The minimum absolute atomic E-state index is 0.0971. The van der Waals surface area contributed by atoms with Crippen LogP contribution in [0, 0.1) is 6.92 Å². The van der Waals surface area contributed by atoms with Crippen LogP contribution in [0.1, 0.15) is 23.2 Å². The number of hydrogen-bond donors (Lipinski definition) is 1. The Kier molecular flexibility index (Phi) is 5.58. The Morgan fingerprint density at radius 2 is 2.19 bits per heavy atom. The Bertz CT molecular complexity index is 927. The van der Waals surface area contributed by atoms with Gasteiger partial charge in [0.2, 0.25) is 5.91 Å². The van der Waals surface area contributed by atoms with Crippen LogP contribution in [-0.2, 0) is 24.2 Å². The zero-order chi connectivity index (χ0) is 18.8. The highest BCUT2D eigenvalue weighted by molar-refractivity contribution is 7.98. The molecule has 138 valence electrons. The maximum Gasteiger partial charge on any atom is 0.258 e. The van der Waals surface area contributed by atoms with E-state index in [4.69, 9.17) is 16.3 Å². The number of rotatable bonds is 5. The number of nitrogens with zero attached hydrogens (tertiary/aromatic N) is 2. The van der Waals surface area contributed by atoms with Crippen molar-refractivity contribution >= 4 is 35.0 Å². The molecule has 0 bridgehead atoms. The van der Waals surface area contributed by atoms with Gasteiger partial charge in [0.25, 0.3) is 5.56 Å². The number of methoxy groups -OCH3 is 1. The third-order valence-corrected chi connectivity index (χ3v) is 5.48. The molecule has 1 aliphatic rings. The van der Waals surface area contributed by atoms with E-state index >= 15 is 0 Å². The van der Waals surface area contributed by atoms with Gasteiger partial charge in [-0.15, -0.1) is 0 Å². The molecule has 1 heterocycles. The van der Waals surface area contributed by atoms with Gasteiger partial charge in [0.05, 0.1) is 18.5 Å². The van der Waals surface area contributed by atoms with Gasteiger partial charge < -0.3 is 10.1 Å². The summed E-state index contributed by atoms with van der Waals surface area (Å²) in [4.78, 5) is 29.9. The number of hydrogen-bond acceptors (Lipinski definition) is 5. The molecule has 0 unspecified atom stereocenters. The maximum atomic E-state index is 12.7. The van der Waals surface area contributed by atoms with Crippen molar-refractivity contribution < 1.29 is 9.53 Å². The summed E-state index contributed by atoms with van der Waals surface area (Å²) < 4.78 is 6.72. The molecule has 0 saturated heterocycles. The molecule has 0 fully saturated rings. The lowest BCUT2D eigenvalue weighted by Crippen LogP contribution is -2.32. The first-order valence-corrected chi connectivity index (χ1v) is 9.85. The molecule has 1 aromatic heterocycles. The van der Waals surface area contributed by atoms with E-state index in [1.807, 2.05) is 13.2 Å². The molecule has 1 amide bonds. The number of carbonyl (C=O) groups is 1. The number of anilines is 1. The number of carbonyl (C=O) groups excluding carboxylic acids is 1. The van der Waals surface area contributed by atoms with Crippen LogP contribution in [0.25, 0.3) is 0 Å². The van der Waals surface area contributed by atoms with E-state index < -0.39 is 0 Å². The van der Waals surface area contributed by atoms with Crippen molar-refractivity contribution in [3.63, 3.8) is 0 Å². The van der Waals surface area contributed by atoms with Gasteiger partial charge in [0.1, 0.15) is 12.3 Å². The normalized spacial score (nSPS) is 12.8. The van der Waals surface area contributed by atoms with Crippen LogP contribution < -0.4 is 15.6 Å². The van der Waals surface area contributed by atoms with Crippen LogP contribution in [0.3, 0.4) is 0 Å². The monoisotopic (exact) mass is 393 g/mol. The average Bonchev–Trinajstić information content (AvgIpc) is 3.09. The Balaban J connectivity index is 1.88. The van der Waals surface area contributed by atoms with Crippen LogP contribution in [0.15, 0.2) is 22.1 Å². The van der Waals surface area contributed by atoms with Crippen molar-refractivity contribution in [3.8, 4) is 5.75 Å². The number of aromatic nitrogens is 2. The summed E-state index contributed by atoms with van der Waals surface area (Å²) in [6.07, 6.45) is 4.33. The summed E-state index contributed by atoms with van der Waals surface area (Å²) in [6, 6.07) is 3.40. The first-order chi connectivity index (χ1) is 12.4. The Labute approximate surface area is 160 Å². The number of halogens is 1. The summed E-state index contributed by atoms with van der Waals surface area (Å²) in [5, 5.41) is 3.92. The molecule has 1 aliphatic carbocycles. The average molecular weight is 394 g/mol. The maximum absolute atomic E-state index is 12.7. The van der Waals surface area contributed by atoms with Crippen LogP contribution in [-0.4, -0.2) is 28.8 Å². The fourth-order valence-corrected chi connectivity index (χ4v) is 3.79. The first-order valence-electron chi connectivity index (χ1n) is 8.25. The molecule has 8 heteroatoms. The molecule has 6 nitrogen and oxygen atoms in total. The van der Waals surface area contributed by atoms with Gasteiger partial charge in [-0.2, -0.15) is 0 Å². The largest absolute Gasteiger partial charge is 0.495 e. The zero-order valence-corrected chi connectivity index (χ0v) is 16.5. The topological polar surface area (TPSA) is 73.2 Å². The van der Waals surface area contributed by atoms with Gasteiger partial charge >= 0.3 is 0 Å². The van der Waals surface area contributed by atoms with E-state index in [-0.39, 0.29) is 18.0 Å². The predicted octanol–water partition coefficient (Wildman–Crippen LogP) is 3.06. The van der Waals surface area contributed by atoms with Gasteiger partial charge in [-0.1, -0.05) is 23.4 Å². The van der Waals surface area contributed by atoms with Gasteiger partial charge in [-0.3, -0.25) is 14.2 Å². The van der Waals surface area contributed by atoms with Crippen LogP contribution >= 0.6 is 23.4 Å². The number of fused-ring (bicyclic) bond motifs is 1. The lowest BCUT2D eigenvalue weighted by atomic mass is 10.2. The minimum Gasteiger partial charge on any atom is -0.495 e. The first kappa shape index (κ1) is 18.8. The van der Waals surface area contributed by atoms with Crippen molar-refractivity contribution in [2.24, 2.45) is 0 Å². The summed E-state index contributed by atoms with van der Waals surface area (Å²) in [7, 11) is 1.51. The second-order valence-electron chi connectivity index (χ2n) is 6.12. The molecule has 3 rings (SSSR count). The van der Waals surface area contributed by atoms with Crippen molar-refractivity contribution in [2.45, 2.75) is 37.9 Å². The van der Waals surface area contributed by atoms with Crippen molar-refractivity contribution in [1.29, 1.82) is 0 Å². The highest BCUT2D eigenvalue weighted by atomic mass is 35.5. The molecule has 0 spiro atoms. The molecule has 2 aromatic rings. The van der Waals surface area contributed by atoms with Crippen LogP contribution in [0.5, 0.6) is 5.75 Å². The molecule has 1 aromatic carbocycles. The van der Waals surface area contributed by atoms with E-state index in [2.05, 4.69) is 10.3 Å². The highest BCUT2D eigenvalue weighted by Gasteiger charge is 2.22. The fraction of sp³-hybridized carbons (Fsp3) is 0.389. The quantitative estimate of drug-likeness (QED) is 0.624. The van der Waals surface area contributed by atoms with Crippen molar-refractivity contribution in [2.75, 3.05) is 18.7 Å². The third-order valence-electron chi connectivity index (χ3n) is 4.39. The summed E-state index contributed by atoms with van der Waals surface area (Å²) in [5.74, 6) is 0.153. The Morgan fingerprint density at radius 3 is 2.88 bits per heavy atom. The minimum atomic E-state index is -0.317. The fourth-order valence-electron chi connectivity index (χ4n) is 3.07. The van der Waals surface area contributed by atoms with Crippen molar-refractivity contribution in [1.82, 2.24) is 9.55 Å². The number of nitrogens with one attached hydrogen (secondary N) is 1. The van der Waals surface area contributed by atoms with E-state index in [1.54, 1.807) is 12.1 Å². The standard InChI is InChI=1S/C18H20ClN3O3S/c1-10-7-14(15(25-2)8-12(10)19)20-16(23)9-22-17(24)11-5-4-6-13(11)21-18(22)26-3/h7-8H,4-6,9H2,1-3H3,(H,20,23). The second-order valence-corrected chi connectivity index (χ2v) is 7.30. The summed E-state index contributed by atoms with van der Waals surface area (Å²) >= 11 is 7.46. The molecule has 0 aliphatic heterocycles. The lowest BCUT2D eigenvalue weighted by Gasteiger charge is -2.15. The Hall–Kier alpha value is -1.99. The Morgan fingerprint density at radius 1 is 1.42 bits per heavy atom. The predicted molar refractivity (Wildman–Crippen MR) is 104 cm³/mol. The molecular weight excluding hydrogens is 374 g/mol. The van der Waals surface area contributed by atoms with Gasteiger partial charge in [-0.05, 0) is 44.1 Å². The van der Waals surface area contributed by atoms with E-state index in [1.165, 1.54) is 23.4 Å². The van der Waals surface area contributed by atoms with Crippen molar-refractivity contribution in [3.05, 3.63) is 44.3 Å². The summed E-state index contributed by atoms with van der Waals surface area (Å²) in [6.45, 7) is 1.75. The van der Waals surface area contributed by atoms with Gasteiger partial charge in [0.15, 0.2) is 5.16 Å². The van der Waals surface area contributed by atoms with Crippen LogP contribution in [0.4, 0.5) is 5.69 Å². The van der Waals surface area contributed by atoms with E-state index in [0.29, 0.717) is 21.6 Å². The SMILES string of the molecule is COc1cc(Cl)c(C)cc1NC(=O)Cn1c(SC)nc2c(c1=O)CCC2. The highest BCUT2D eigenvalue weighted by Crippen LogP contribution is 2.31. The van der Waals surface area contributed by atoms with Gasteiger partial charge in [0, 0.05) is 16.7 Å². The van der Waals surface area contributed by atoms with E-state index in [0.717, 1.165) is 36.1 Å². The van der Waals surface area contributed by atoms with Gasteiger partial charge in [-0.25, -0.2) is 4.98 Å². The van der Waals surface area contributed by atoms with E-state index in [9.17, 15) is 9.59 Å². The molecule has 0 radical (unpaired) electrons. The third kappa shape index (κ3) is 3.59. The number of aryl methyl sites for hydroxylation is 2. The molecule has 0 atom stereocenters. The van der Waals surface area contributed by atoms with Crippen LogP contribution in [0.2, 0.25) is 5.02 Å². The number of thioether (sulfide) groups is 1. The molecule has 0 saturated carbocycles. The zero-order valence-electron chi connectivity index (χ0n) is 14.9. The molecular formula is C18H20ClN3O3S. The number of benzene rings is 1. The number of ether oxygens (including phenoxy) is 1. The number of amides is 1. The molecule has 1 N–H and O–H groups in total.